The number of allylic oxidation sites excluding steroid dienone is 1. The molecule has 0 bridgehead atoms. The van der Waals surface area contributed by atoms with Crippen LogP contribution in [0.3, 0.4) is 0 Å². The molecule has 4 atom stereocenters. The first-order valence-electron chi connectivity index (χ1n) is 14.4. The second-order valence-corrected chi connectivity index (χ2v) is 13.9. The second-order valence-electron chi connectivity index (χ2n) is 13.9. The minimum absolute atomic E-state index is 0.0187. The molecule has 5 rings (SSSR count). The summed E-state index contributed by atoms with van der Waals surface area (Å²) < 4.78 is 16.2. The van der Waals surface area contributed by atoms with Crippen molar-refractivity contribution >= 4 is 17.5 Å². The third kappa shape index (κ3) is 4.81. The molecule has 4 aliphatic carbocycles. The van der Waals surface area contributed by atoms with Crippen LogP contribution in [0.15, 0.2) is 28.7 Å². The highest BCUT2D eigenvalue weighted by atomic mass is 19.1. The monoisotopic (exact) mass is 585 g/mol. The summed E-state index contributed by atoms with van der Waals surface area (Å²) in [5.74, 6) is -7.58. The van der Waals surface area contributed by atoms with Crippen LogP contribution in [0.25, 0.3) is 0 Å². The summed E-state index contributed by atoms with van der Waals surface area (Å²) in [5, 5.41) is 45.0. The van der Waals surface area contributed by atoms with Crippen molar-refractivity contribution in [3.05, 3.63) is 51.2 Å². The molecule has 0 aliphatic heterocycles. The lowest BCUT2D eigenvalue weighted by Crippen LogP contribution is -2.63. The Bertz CT molecular complexity index is 1440. The number of nitrogens with two attached hydrogens (primary N) is 1. The third-order valence-electron chi connectivity index (χ3n) is 9.04. The van der Waals surface area contributed by atoms with E-state index in [1.54, 1.807) is 14.1 Å². The topological polar surface area (TPSA) is 165 Å². The predicted molar refractivity (Wildman–Crippen MR) is 151 cm³/mol. The van der Waals surface area contributed by atoms with Crippen LogP contribution in [0.2, 0.25) is 0 Å². The fourth-order valence-electron chi connectivity index (χ4n) is 7.23. The lowest BCUT2D eigenvalue weighted by atomic mass is 9.58. The Kier molecular flexibility index (Phi) is 7.31. The van der Waals surface area contributed by atoms with Crippen LogP contribution in [0.1, 0.15) is 61.5 Å². The zero-order valence-corrected chi connectivity index (χ0v) is 24.7. The number of amides is 1. The summed E-state index contributed by atoms with van der Waals surface area (Å²) in [4.78, 5) is 42.9. The number of likely N-dealkylation sites (N-methyl/N-ethyl adjacent to an activating group) is 1. The van der Waals surface area contributed by atoms with Gasteiger partial charge in [0.25, 0.3) is 5.91 Å². The van der Waals surface area contributed by atoms with Crippen molar-refractivity contribution in [3.63, 3.8) is 0 Å². The van der Waals surface area contributed by atoms with Crippen LogP contribution in [0, 0.1) is 29.0 Å². The SMILES string of the molecule is CN(C)[C@@H]1C(O)=C(C(N)=O)C(=O)[C@@]2(O)C(O)=C3C(=O)c4c(O)cc(CN(CC5CC5)CC(C)(C)C)c(F)c4C[C@H]3C[C@@H]12. The number of halogens is 1. The molecule has 0 radical (unpaired) electrons. The first-order valence-corrected chi connectivity index (χ1v) is 14.4. The molecule has 1 saturated carbocycles. The average Bonchev–Trinajstić information content (AvgIpc) is 3.67. The number of benzene rings is 1. The van der Waals surface area contributed by atoms with Crippen molar-refractivity contribution in [1.29, 1.82) is 0 Å². The number of carbonyl (C=O) groups is 3. The Hall–Kier alpha value is -3.28. The maximum absolute atomic E-state index is 16.2. The van der Waals surface area contributed by atoms with E-state index in [4.69, 9.17) is 5.73 Å². The number of primary amides is 1. The van der Waals surface area contributed by atoms with Gasteiger partial charge in [0.1, 0.15) is 28.7 Å². The van der Waals surface area contributed by atoms with E-state index in [-0.39, 0.29) is 47.1 Å². The summed E-state index contributed by atoms with van der Waals surface area (Å²) >= 11 is 0. The lowest BCUT2D eigenvalue weighted by molar-refractivity contribution is -0.148. The maximum Gasteiger partial charge on any atom is 0.255 e. The van der Waals surface area contributed by atoms with E-state index in [9.17, 15) is 34.8 Å². The Morgan fingerprint density at radius 1 is 1.17 bits per heavy atom. The highest BCUT2D eigenvalue weighted by Crippen LogP contribution is 2.52. The molecule has 0 aromatic heterocycles. The molecular weight excluding hydrogens is 545 g/mol. The van der Waals surface area contributed by atoms with Gasteiger partial charge >= 0.3 is 0 Å². The van der Waals surface area contributed by atoms with Gasteiger partial charge in [-0.2, -0.15) is 0 Å². The van der Waals surface area contributed by atoms with E-state index >= 15 is 4.39 Å². The molecular formula is C31H40FN3O7. The number of hydrogen-bond acceptors (Lipinski definition) is 9. The normalized spacial score (nSPS) is 27.9. The van der Waals surface area contributed by atoms with Gasteiger partial charge in [-0.3, -0.25) is 24.2 Å². The van der Waals surface area contributed by atoms with Gasteiger partial charge in [0.15, 0.2) is 11.4 Å². The largest absolute Gasteiger partial charge is 0.510 e. The summed E-state index contributed by atoms with van der Waals surface area (Å²) in [7, 11) is 3.12. The van der Waals surface area contributed by atoms with Crippen molar-refractivity contribution in [2.45, 2.75) is 64.6 Å². The molecule has 1 aromatic rings. The molecule has 42 heavy (non-hydrogen) atoms. The number of aromatic hydroxyl groups is 1. The Labute approximate surface area is 244 Å². The third-order valence-corrected chi connectivity index (χ3v) is 9.04. The molecule has 10 nitrogen and oxygen atoms in total. The van der Waals surface area contributed by atoms with Gasteiger partial charge in [-0.1, -0.05) is 20.8 Å². The summed E-state index contributed by atoms with van der Waals surface area (Å²) in [6.07, 6.45) is 2.09. The van der Waals surface area contributed by atoms with Crippen LogP contribution in [0.5, 0.6) is 5.75 Å². The van der Waals surface area contributed by atoms with Crippen molar-refractivity contribution < 1.29 is 39.2 Å². The molecule has 1 amide bonds. The number of phenolic OH excluding ortho intramolecular Hbond substituents is 1. The van der Waals surface area contributed by atoms with Crippen LogP contribution in [0.4, 0.5) is 4.39 Å². The van der Waals surface area contributed by atoms with Crippen molar-refractivity contribution in [1.82, 2.24) is 9.80 Å². The van der Waals surface area contributed by atoms with Gasteiger partial charge in [0.05, 0.1) is 11.6 Å². The minimum atomic E-state index is -2.73. The Balaban J connectivity index is 1.58. The lowest BCUT2D eigenvalue weighted by Gasteiger charge is -2.50. The smallest absolute Gasteiger partial charge is 0.255 e. The van der Waals surface area contributed by atoms with Crippen LogP contribution in [-0.4, -0.2) is 86.5 Å². The molecule has 0 spiro atoms. The zero-order chi connectivity index (χ0) is 31.0. The number of fused-ring (bicyclic) bond motifs is 3. The number of phenols is 1. The summed E-state index contributed by atoms with van der Waals surface area (Å²) in [6.45, 7) is 8.09. The number of aliphatic hydroxyl groups is 3. The van der Waals surface area contributed by atoms with Crippen LogP contribution < -0.4 is 5.73 Å². The minimum Gasteiger partial charge on any atom is -0.510 e. The van der Waals surface area contributed by atoms with Crippen LogP contribution >= 0.6 is 0 Å². The van der Waals surface area contributed by atoms with Gasteiger partial charge in [-0.05, 0) is 63.1 Å². The highest BCUT2D eigenvalue weighted by Gasteiger charge is 2.63. The molecule has 11 heteroatoms. The van der Waals surface area contributed by atoms with E-state index in [1.807, 2.05) is 0 Å². The number of ketones is 2. The molecule has 1 aromatic carbocycles. The van der Waals surface area contributed by atoms with Crippen molar-refractivity contribution in [2.24, 2.45) is 28.9 Å². The van der Waals surface area contributed by atoms with E-state index < -0.39 is 69.6 Å². The molecule has 4 aliphatic rings. The maximum atomic E-state index is 16.2. The second kappa shape index (κ2) is 10.2. The Morgan fingerprint density at radius 3 is 2.36 bits per heavy atom. The molecule has 0 unspecified atom stereocenters. The fourth-order valence-corrected chi connectivity index (χ4v) is 7.23. The number of carbonyl (C=O) groups excluding carboxylic acids is 3. The molecule has 0 saturated heterocycles. The van der Waals surface area contributed by atoms with E-state index in [0.717, 1.165) is 19.4 Å². The molecule has 6 N–H and O–H groups in total. The van der Waals surface area contributed by atoms with Gasteiger partial charge in [-0.25, -0.2) is 4.39 Å². The first-order chi connectivity index (χ1) is 19.5. The van der Waals surface area contributed by atoms with Gasteiger partial charge in [0.2, 0.25) is 5.78 Å². The van der Waals surface area contributed by atoms with E-state index in [1.165, 1.54) is 11.0 Å². The standard InChI is InChI=1S/C31H40FN3O7/c1-30(2,3)13-35(11-14-6-7-14)12-16-10-19(36)21-17(23(16)32)8-15-9-18-24(34(4)5)26(38)22(29(33)41)28(40)31(18,42)27(39)20(15)25(21)37/h10,14-15,18,24,36,38-39,42H,6-9,11-13H2,1-5H3,(H2,33,41)/t15-,18-,24-,31-/m0/s1. The molecule has 1 fully saturated rings. The first kappa shape index (κ1) is 30.2. The Morgan fingerprint density at radius 2 is 1.81 bits per heavy atom. The number of rotatable bonds is 7. The number of nitrogens with zero attached hydrogens (tertiary/aromatic N) is 2. The van der Waals surface area contributed by atoms with Gasteiger partial charge in [-0.15, -0.1) is 0 Å². The zero-order valence-electron chi connectivity index (χ0n) is 24.7. The predicted octanol–water partition coefficient (Wildman–Crippen LogP) is 2.52. The number of aliphatic hydroxyl groups excluding tert-OH is 2. The molecule has 228 valence electrons. The van der Waals surface area contributed by atoms with Gasteiger partial charge in [0, 0.05) is 42.3 Å². The fraction of sp³-hybridized carbons (Fsp3) is 0.581. The average molecular weight is 586 g/mol. The summed E-state index contributed by atoms with van der Waals surface area (Å²) in [5.41, 5.74) is 1.38. The molecule has 0 heterocycles. The quantitative estimate of drug-likeness (QED) is 0.302. The summed E-state index contributed by atoms with van der Waals surface area (Å²) in [6, 6.07) is 0.139. The van der Waals surface area contributed by atoms with Crippen molar-refractivity contribution in [2.75, 3.05) is 27.2 Å². The van der Waals surface area contributed by atoms with Crippen molar-refractivity contribution in [3.8, 4) is 5.75 Å². The highest BCUT2D eigenvalue weighted by molar-refractivity contribution is 6.24. The number of Topliss-reactive ketones (excluding diaryl/α,β-unsaturated/α-hetero) is 2. The van der Waals surface area contributed by atoms with Crippen LogP contribution in [-0.2, 0) is 22.6 Å². The van der Waals surface area contributed by atoms with Gasteiger partial charge < -0.3 is 26.2 Å². The van der Waals surface area contributed by atoms with E-state index in [0.29, 0.717) is 12.5 Å². The van der Waals surface area contributed by atoms with E-state index in [2.05, 4.69) is 25.7 Å². The number of hydrogen-bond donors (Lipinski definition) is 5.